The topological polar surface area (TPSA) is 329 Å². The van der Waals surface area contributed by atoms with E-state index in [-0.39, 0.29) is 78.0 Å². The Hall–Kier alpha value is -9.02. The van der Waals surface area contributed by atoms with Crippen molar-refractivity contribution in [1.29, 1.82) is 0 Å². The van der Waals surface area contributed by atoms with Crippen molar-refractivity contribution in [2.45, 2.75) is 200 Å². The van der Waals surface area contributed by atoms with Crippen molar-refractivity contribution >= 4 is 65.2 Å². The molecule has 2 heterocycles. The number of ether oxygens (including phenoxy) is 9. The van der Waals surface area contributed by atoms with Crippen molar-refractivity contribution in [3.05, 3.63) is 119 Å². The summed E-state index contributed by atoms with van der Waals surface area (Å²) in [5.41, 5.74) is 5.33. The second-order valence-electron chi connectivity index (χ2n) is 28.8. The van der Waals surface area contributed by atoms with Gasteiger partial charge >= 0.3 is 30.0 Å². The average Bonchev–Trinajstić information content (AvgIpc) is 1.73. The van der Waals surface area contributed by atoms with Crippen molar-refractivity contribution in [2.75, 3.05) is 67.5 Å². The fourth-order valence-corrected chi connectivity index (χ4v) is 15.0. The van der Waals surface area contributed by atoms with Gasteiger partial charge in [-0.05, 0) is 77.6 Å². The summed E-state index contributed by atoms with van der Waals surface area (Å²) in [6.07, 6.45) is -10.5. The van der Waals surface area contributed by atoms with Crippen LogP contribution < -0.4 is 26.0 Å². The number of likely N-dealkylation sites (N-methyl/N-ethyl adjacent to an activating group) is 2. The van der Waals surface area contributed by atoms with Gasteiger partial charge < -0.3 is 83.3 Å². The number of hydrogen-bond acceptors (Lipinski definition) is 20. The van der Waals surface area contributed by atoms with Gasteiger partial charge in [-0.1, -0.05) is 134 Å². The van der Waals surface area contributed by atoms with E-state index in [1.807, 2.05) is 122 Å². The molecule has 27 heteroatoms. The number of rotatable bonds is 34. The van der Waals surface area contributed by atoms with E-state index in [4.69, 9.17) is 42.6 Å². The van der Waals surface area contributed by atoms with E-state index in [0.29, 0.717) is 36.9 Å². The molecule has 4 aromatic rings. The first kappa shape index (κ1) is 83.3. The van der Waals surface area contributed by atoms with Gasteiger partial charge in [-0.2, -0.15) is 0 Å². The number of aliphatic hydroxyl groups is 1. The molecule has 574 valence electrons. The number of alkyl carbamates (subject to hydrolysis) is 1. The number of benzene rings is 4. The summed E-state index contributed by atoms with van der Waals surface area (Å²) in [7, 11) is 9.41. The average molecular weight is 1460 g/mol. The van der Waals surface area contributed by atoms with Gasteiger partial charge in [-0.3, -0.25) is 38.4 Å². The summed E-state index contributed by atoms with van der Waals surface area (Å²) in [4.78, 5) is 141. The second kappa shape index (κ2) is 37.8. The lowest BCUT2D eigenvalue weighted by atomic mass is 9.89. The molecule has 1 aliphatic carbocycles. The monoisotopic (exact) mass is 1460 g/mol. The van der Waals surface area contributed by atoms with Crippen LogP contribution in [-0.2, 0) is 87.6 Å². The largest absolute Gasteiger partial charge is 0.467 e. The Kier molecular flexibility index (Phi) is 30.0. The minimum Gasteiger partial charge on any atom is -0.467 e. The number of amides is 6. The van der Waals surface area contributed by atoms with Gasteiger partial charge in [-0.25, -0.2) is 9.59 Å². The first-order valence-electron chi connectivity index (χ1n) is 36.0. The number of likely N-dealkylation sites (tertiary alicyclic amines) is 1. The van der Waals surface area contributed by atoms with Gasteiger partial charge in [0.25, 0.3) is 5.91 Å². The smallest absolute Gasteiger partial charge is 0.407 e. The number of quaternary nitrogens is 1. The van der Waals surface area contributed by atoms with E-state index in [1.165, 1.54) is 20.3 Å². The molecular weight excluding hydrogens is 1350 g/mol. The number of hydrogen-bond donors (Lipinski definition) is 5. The Morgan fingerprint density at radius 1 is 0.724 bits per heavy atom. The number of nitrogens with zero attached hydrogens (tertiary/aromatic N) is 3. The maximum Gasteiger partial charge on any atom is 0.407 e. The predicted octanol–water partition coefficient (Wildman–Crippen LogP) is 7.53. The van der Waals surface area contributed by atoms with Crippen LogP contribution in [0.5, 0.6) is 5.75 Å². The van der Waals surface area contributed by atoms with Crippen molar-refractivity contribution in [1.82, 2.24) is 25.8 Å². The number of esters is 4. The van der Waals surface area contributed by atoms with Crippen LogP contribution in [0.4, 0.5) is 10.5 Å². The highest BCUT2D eigenvalue weighted by molar-refractivity contribution is 5.93. The summed E-state index contributed by atoms with van der Waals surface area (Å²) in [6.45, 7) is 18.4. The predicted molar refractivity (Wildman–Crippen MR) is 387 cm³/mol. The maximum absolute atomic E-state index is 15.2. The number of nitrogens with one attached hydrogen (secondary N) is 4. The molecule has 0 bridgehead atoms. The fourth-order valence-electron chi connectivity index (χ4n) is 15.0. The quantitative estimate of drug-likeness (QED) is 0.0171. The highest BCUT2D eigenvalue weighted by Gasteiger charge is 2.56. The van der Waals surface area contributed by atoms with Crippen LogP contribution in [0.25, 0.3) is 11.1 Å². The minimum atomic E-state index is -1.82. The van der Waals surface area contributed by atoms with E-state index in [0.717, 1.165) is 50.1 Å². The molecule has 2 aliphatic heterocycles. The summed E-state index contributed by atoms with van der Waals surface area (Å²) in [5, 5.41) is 22.6. The SMILES string of the molecule is CC[C@H](C)[C@@H]([C@@H](CC(=O)N1CCC[C@H]1[C@H](OC)[C@@H](C)C(=O)N[C@H](C)[C@@H](O)c1ccccc1)OC)N(C)C(=O)[C@@H](NC(=O)[C@H](C(C)C)[N+](C)(C)Cc1ccc(O[C@@H]2O[C@H](C(=O)OC)[C@@H](OC(C)=O)[C@H](OC(C)=O)[C@H]2OC(C)=O)c(NC(=O)CCNC(=O)OCC2c3ccccc3-c3ccccc32)c1)C(C)C. The van der Waals surface area contributed by atoms with Crippen LogP contribution in [0.1, 0.15) is 143 Å². The maximum atomic E-state index is 15.2. The van der Waals surface area contributed by atoms with Crippen molar-refractivity contribution in [2.24, 2.45) is 23.7 Å². The van der Waals surface area contributed by atoms with Crippen LogP contribution >= 0.6 is 0 Å². The number of methoxy groups -OCH3 is 3. The zero-order valence-electron chi connectivity index (χ0n) is 63.5. The Morgan fingerprint density at radius 3 is 1.90 bits per heavy atom. The van der Waals surface area contributed by atoms with Gasteiger partial charge in [0, 0.05) is 78.9 Å². The summed E-state index contributed by atoms with van der Waals surface area (Å²) >= 11 is 0. The highest BCUT2D eigenvalue weighted by atomic mass is 16.7. The summed E-state index contributed by atoms with van der Waals surface area (Å²) in [6, 6.07) is 25.9. The molecule has 5 N–H and O–H groups in total. The molecule has 0 aromatic heterocycles. The van der Waals surface area contributed by atoms with Gasteiger partial charge in [-0.15, -0.1) is 0 Å². The molecule has 27 nitrogen and oxygen atoms in total. The van der Waals surface area contributed by atoms with Crippen LogP contribution in [0, 0.1) is 23.7 Å². The summed E-state index contributed by atoms with van der Waals surface area (Å²) in [5.74, 6) is -7.90. The third-order valence-corrected chi connectivity index (χ3v) is 20.1. The van der Waals surface area contributed by atoms with E-state index >= 15 is 9.59 Å². The number of aliphatic hydroxyl groups excluding tert-OH is 1. The van der Waals surface area contributed by atoms with Crippen LogP contribution in [-0.4, -0.2) is 214 Å². The number of carbonyl (C=O) groups excluding carboxylic acids is 10. The van der Waals surface area contributed by atoms with E-state index in [2.05, 4.69) is 21.3 Å². The first-order chi connectivity index (χ1) is 49.8. The fraction of sp³-hybridized carbons (Fsp3) is 0.564. The molecule has 0 saturated carbocycles. The highest BCUT2D eigenvalue weighted by Crippen LogP contribution is 2.45. The van der Waals surface area contributed by atoms with Crippen LogP contribution in [0.3, 0.4) is 0 Å². The van der Waals surface area contributed by atoms with Gasteiger partial charge in [0.05, 0.1) is 75.7 Å². The second-order valence-corrected chi connectivity index (χ2v) is 28.8. The zero-order valence-corrected chi connectivity index (χ0v) is 63.5. The number of anilines is 1. The number of carbonyl (C=O) groups is 10. The summed E-state index contributed by atoms with van der Waals surface area (Å²) < 4.78 is 52.1. The number of fused-ring (bicyclic) bond motifs is 3. The van der Waals surface area contributed by atoms with Gasteiger partial charge in [0.1, 0.15) is 24.9 Å². The lowest BCUT2D eigenvalue weighted by Gasteiger charge is -2.43. The Bertz CT molecular complexity index is 3640. The van der Waals surface area contributed by atoms with Crippen LogP contribution in [0.2, 0.25) is 0 Å². The molecule has 0 radical (unpaired) electrons. The standard InChI is InChI=1S/C78H107N7O20/c1-18-45(6)65(61(97-15)40-63(90)84-38-26-33-59(84)68(98-16)46(7)73(92)80-47(8)67(91)52-27-20-19-21-28-52)83(12)75(94)64(43(2)3)82-74(93)66(44(4)5)85(13,14)41-51-34-35-60(104-77-72(103-50(11)88)70(102-49(10)87)69(101-48(9)86)71(105-77)76(95)99-17)58(39-51)81-62(89)36-37-79-78(96)100-42-57-55-31-24-22-29-53(55)54-30-23-25-32-56(54)57/h19-25,27-32,34-35,39,43-47,57,59,61,64-72,77,91H,18,26,33,36-38,40-42H2,1-17H3,(H3-,79,80,81,82,89,92,93,96)/p+1/t45-,46+,47+,59-,61+,64-,65-,66-,67+,68+,69-,70-,71-,72+,77+/m0/s1. The third kappa shape index (κ3) is 20.9. The molecule has 7 rings (SSSR count). The normalized spacial score (nSPS) is 20.4. The zero-order chi connectivity index (χ0) is 77.3. The molecule has 4 aromatic carbocycles. The Morgan fingerprint density at radius 2 is 1.32 bits per heavy atom. The van der Waals surface area contributed by atoms with E-state index in [1.54, 1.807) is 55.0 Å². The third-order valence-electron chi connectivity index (χ3n) is 20.1. The Labute approximate surface area is 615 Å². The molecule has 6 amide bonds. The van der Waals surface area contributed by atoms with Gasteiger partial charge in [0.2, 0.25) is 36.0 Å². The molecule has 0 spiro atoms. The molecular formula is C78H108N7O20+. The first-order valence-corrected chi connectivity index (χ1v) is 36.0. The van der Waals surface area contributed by atoms with Crippen LogP contribution in [0.15, 0.2) is 97.1 Å². The molecule has 0 unspecified atom stereocenters. The van der Waals surface area contributed by atoms with Crippen molar-refractivity contribution in [3.8, 4) is 16.9 Å². The van der Waals surface area contributed by atoms with Crippen molar-refractivity contribution in [3.63, 3.8) is 0 Å². The molecule has 15 atom stereocenters. The molecule has 2 saturated heterocycles. The van der Waals surface area contributed by atoms with E-state index < -0.39 is 139 Å². The lowest BCUT2D eigenvalue weighted by Crippen LogP contribution is -2.64. The minimum absolute atomic E-state index is 0.00348. The van der Waals surface area contributed by atoms with E-state index in [9.17, 15) is 43.5 Å². The Balaban J connectivity index is 1.10. The lowest BCUT2D eigenvalue weighted by molar-refractivity contribution is -0.922. The molecule has 2 fully saturated rings. The van der Waals surface area contributed by atoms with Crippen molar-refractivity contribution < 1.29 is 100 Å². The molecule has 105 heavy (non-hydrogen) atoms. The van der Waals surface area contributed by atoms with Gasteiger partial charge in [0.15, 0.2) is 24.4 Å². The molecule has 3 aliphatic rings.